The fourth-order valence-corrected chi connectivity index (χ4v) is 1.44. The molecular formula is C8H10F2N4O2. The van der Waals surface area contributed by atoms with Gasteiger partial charge in [-0.15, -0.1) is 0 Å². The van der Waals surface area contributed by atoms with Crippen LogP contribution in [0.4, 0.5) is 8.78 Å². The molecular weight excluding hydrogens is 222 g/mol. The second kappa shape index (κ2) is 4.12. The van der Waals surface area contributed by atoms with Gasteiger partial charge in [0.2, 0.25) is 0 Å². The fourth-order valence-electron chi connectivity index (χ4n) is 1.44. The smallest absolute Gasteiger partial charge is 0.288 e. The number of nitrogens with zero attached hydrogens (tertiary/aromatic N) is 3. The van der Waals surface area contributed by atoms with Crippen molar-refractivity contribution in [2.45, 2.75) is 5.92 Å². The van der Waals surface area contributed by atoms with E-state index in [1.54, 1.807) is 0 Å². The molecule has 2 heterocycles. The number of carbonyl (C=O) groups excluding carboxylic acids is 1. The first-order valence-electron chi connectivity index (χ1n) is 4.69. The highest BCUT2D eigenvalue weighted by Gasteiger charge is 2.36. The SMILES string of the molecule is O=C(c1cn[nH]n1)N1CCOCC(F)(F)C1. The number of hydrogen-bond donors (Lipinski definition) is 1. The lowest BCUT2D eigenvalue weighted by molar-refractivity contribution is -0.0661. The van der Waals surface area contributed by atoms with E-state index in [-0.39, 0.29) is 18.8 Å². The molecule has 1 aromatic heterocycles. The molecule has 8 heteroatoms. The van der Waals surface area contributed by atoms with Crippen LogP contribution in [0.1, 0.15) is 10.5 Å². The van der Waals surface area contributed by atoms with Crippen LogP contribution in [-0.2, 0) is 4.74 Å². The van der Waals surface area contributed by atoms with Crippen LogP contribution in [0.25, 0.3) is 0 Å². The largest absolute Gasteiger partial charge is 0.373 e. The zero-order chi connectivity index (χ0) is 11.6. The van der Waals surface area contributed by atoms with E-state index in [9.17, 15) is 13.6 Å². The summed E-state index contributed by atoms with van der Waals surface area (Å²) in [4.78, 5) is 12.7. The molecule has 0 unspecified atom stereocenters. The van der Waals surface area contributed by atoms with Crippen LogP contribution in [-0.4, -0.2) is 58.4 Å². The van der Waals surface area contributed by atoms with Crippen LogP contribution in [0, 0.1) is 0 Å². The van der Waals surface area contributed by atoms with E-state index >= 15 is 0 Å². The van der Waals surface area contributed by atoms with E-state index in [4.69, 9.17) is 4.74 Å². The number of hydrogen-bond acceptors (Lipinski definition) is 4. The number of rotatable bonds is 1. The highest BCUT2D eigenvalue weighted by atomic mass is 19.3. The Hall–Kier alpha value is -1.57. The zero-order valence-corrected chi connectivity index (χ0v) is 8.32. The molecule has 1 fully saturated rings. The molecule has 0 aliphatic carbocycles. The Kier molecular flexibility index (Phi) is 2.82. The number of aromatic amines is 1. The summed E-state index contributed by atoms with van der Waals surface area (Å²) in [5.74, 6) is -3.59. The summed E-state index contributed by atoms with van der Waals surface area (Å²) in [5.41, 5.74) is 0.0256. The molecule has 0 aromatic carbocycles. The van der Waals surface area contributed by atoms with E-state index in [0.717, 1.165) is 4.90 Å². The molecule has 2 rings (SSSR count). The highest BCUT2D eigenvalue weighted by molar-refractivity contribution is 5.91. The third kappa shape index (κ3) is 2.32. The first-order chi connectivity index (χ1) is 7.58. The molecule has 1 aliphatic heterocycles. The predicted molar refractivity (Wildman–Crippen MR) is 48.1 cm³/mol. The molecule has 0 saturated carbocycles. The normalized spacial score (nSPS) is 20.5. The van der Waals surface area contributed by atoms with Gasteiger partial charge in [0.05, 0.1) is 19.3 Å². The van der Waals surface area contributed by atoms with Gasteiger partial charge in [0, 0.05) is 6.54 Å². The maximum atomic E-state index is 13.2. The molecule has 0 atom stereocenters. The summed E-state index contributed by atoms with van der Waals surface area (Å²) in [7, 11) is 0. The Morgan fingerprint density at radius 3 is 3.12 bits per heavy atom. The van der Waals surface area contributed by atoms with E-state index < -0.39 is 25.0 Å². The predicted octanol–water partition coefficient (Wildman–Crippen LogP) is -0.0876. The first-order valence-corrected chi connectivity index (χ1v) is 4.69. The molecule has 16 heavy (non-hydrogen) atoms. The standard InChI is InChI=1S/C8H10F2N4O2/c9-8(10)4-14(1-2-16-5-8)7(15)6-3-11-13-12-6/h3H,1-2,4-5H2,(H,11,12,13). The number of nitrogens with one attached hydrogen (secondary N) is 1. The molecule has 0 spiro atoms. The first kappa shape index (κ1) is 10.9. The minimum absolute atomic E-state index is 0.0256. The maximum Gasteiger partial charge on any atom is 0.288 e. The Balaban J connectivity index is 2.11. The van der Waals surface area contributed by atoms with Gasteiger partial charge < -0.3 is 9.64 Å². The molecule has 0 radical (unpaired) electrons. The Morgan fingerprint density at radius 2 is 2.44 bits per heavy atom. The number of alkyl halides is 2. The quantitative estimate of drug-likeness (QED) is 0.734. The third-order valence-electron chi connectivity index (χ3n) is 2.16. The third-order valence-corrected chi connectivity index (χ3v) is 2.16. The van der Waals surface area contributed by atoms with Gasteiger partial charge in [-0.3, -0.25) is 4.79 Å². The number of aromatic nitrogens is 3. The maximum absolute atomic E-state index is 13.2. The van der Waals surface area contributed by atoms with Crippen molar-refractivity contribution in [3.05, 3.63) is 11.9 Å². The monoisotopic (exact) mass is 232 g/mol. The fraction of sp³-hybridized carbons (Fsp3) is 0.625. The van der Waals surface area contributed by atoms with Gasteiger partial charge in [0.1, 0.15) is 6.61 Å². The molecule has 0 bridgehead atoms. The molecule has 1 saturated heterocycles. The van der Waals surface area contributed by atoms with Crippen molar-refractivity contribution in [3.63, 3.8) is 0 Å². The number of amides is 1. The van der Waals surface area contributed by atoms with Gasteiger partial charge in [0.15, 0.2) is 5.69 Å². The van der Waals surface area contributed by atoms with Crippen molar-refractivity contribution < 1.29 is 18.3 Å². The van der Waals surface area contributed by atoms with Crippen LogP contribution >= 0.6 is 0 Å². The van der Waals surface area contributed by atoms with Crippen LogP contribution in [0.2, 0.25) is 0 Å². The molecule has 1 N–H and O–H groups in total. The van der Waals surface area contributed by atoms with Gasteiger partial charge in [-0.2, -0.15) is 15.4 Å². The van der Waals surface area contributed by atoms with E-state index in [1.807, 2.05) is 0 Å². The Labute approximate surface area is 89.6 Å². The van der Waals surface area contributed by atoms with Crippen molar-refractivity contribution in [2.75, 3.05) is 26.3 Å². The summed E-state index contributed by atoms with van der Waals surface area (Å²) >= 11 is 0. The van der Waals surface area contributed by atoms with E-state index in [0.29, 0.717) is 0 Å². The van der Waals surface area contributed by atoms with Gasteiger partial charge in [0.25, 0.3) is 11.8 Å². The minimum Gasteiger partial charge on any atom is -0.373 e. The van der Waals surface area contributed by atoms with Crippen molar-refractivity contribution >= 4 is 5.91 Å². The molecule has 88 valence electrons. The second-order valence-corrected chi connectivity index (χ2v) is 3.49. The highest BCUT2D eigenvalue weighted by Crippen LogP contribution is 2.19. The van der Waals surface area contributed by atoms with Crippen LogP contribution < -0.4 is 0 Å². The minimum atomic E-state index is -3.02. The summed E-state index contributed by atoms with van der Waals surface area (Å²) in [6.45, 7) is -1.09. The average molecular weight is 232 g/mol. The Morgan fingerprint density at radius 1 is 1.62 bits per heavy atom. The topological polar surface area (TPSA) is 71.1 Å². The summed E-state index contributed by atoms with van der Waals surface area (Å²) in [6.07, 6.45) is 1.20. The number of H-pyrrole nitrogens is 1. The van der Waals surface area contributed by atoms with Gasteiger partial charge >= 0.3 is 0 Å². The number of ether oxygens (including phenoxy) is 1. The van der Waals surface area contributed by atoms with Crippen LogP contribution in [0.15, 0.2) is 6.20 Å². The van der Waals surface area contributed by atoms with Gasteiger partial charge in [-0.25, -0.2) is 8.78 Å². The molecule has 1 aromatic rings. The average Bonchev–Trinajstić information content (AvgIpc) is 2.68. The Bertz CT molecular complexity index is 368. The van der Waals surface area contributed by atoms with Crippen molar-refractivity contribution in [3.8, 4) is 0 Å². The van der Waals surface area contributed by atoms with E-state index in [1.165, 1.54) is 6.20 Å². The van der Waals surface area contributed by atoms with Crippen LogP contribution in [0.3, 0.4) is 0 Å². The summed E-state index contributed by atoms with van der Waals surface area (Å²) in [5, 5.41) is 9.27. The second-order valence-electron chi connectivity index (χ2n) is 3.49. The molecule has 1 aliphatic rings. The van der Waals surface area contributed by atoms with Crippen LogP contribution in [0.5, 0.6) is 0 Å². The lowest BCUT2D eigenvalue weighted by atomic mass is 10.3. The van der Waals surface area contributed by atoms with Crippen molar-refractivity contribution in [1.29, 1.82) is 0 Å². The van der Waals surface area contributed by atoms with Crippen molar-refractivity contribution in [1.82, 2.24) is 20.3 Å². The van der Waals surface area contributed by atoms with Gasteiger partial charge in [-0.1, -0.05) is 0 Å². The van der Waals surface area contributed by atoms with E-state index in [2.05, 4.69) is 15.4 Å². The van der Waals surface area contributed by atoms with Gasteiger partial charge in [-0.05, 0) is 0 Å². The van der Waals surface area contributed by atoms with Crippen molar-refractivity contribution in [2.24, 2.45) is 0 Å². The number of carbonyl (C=O) groups is 1. The molecule has 1 amide bonds. The molecule has 6 nitrogen and oxygen atoms in total. The summed E-state index contributed by atoms with van der Waals surface area (Å²) < 4.78 is 31.0. The summed E-state index contributed by atoms with van der Waals surface area (Å²) in [6, 6.07) is 0. The lowest BCUT2D eigenvalue weighted by Crippen LogP contribution is -2.41. The number of halogens is 2. The lowest BCUT2D eigenvalue weighted by Gasteiger charge is -2.21. The zero-order valence-electron chi connectivity index (χ0n) is 8.32.